The van der Waals surface area contributed by atoms with Crippen molar-refractivity contribution in [3.63, 3.8) is 0 Å². The summed E-state index contributed by atoms with van der Waals surface area (Å²) in [6.45, 7) is 10.6. The fourth-order valence-corrected chi connectivity index (χ4v) is 2.75. The number of rotatable bonds is 3. The van der Waals surface area contributed by atoms with Crippen LogP contribution in [0.1, 0.15) is 31.9 Å². The van der Waals surface area contributed by atoms with Crippen molar-refractivity contribution >= 4 is 36.0 Å². The number of amides is 1. The predicted molar refractivity (Wildman–Crippen MR) is 118 cm³/mol. The fourth-order valence-electron chi connectivity index (χ4n) is 2.75. The molecule has 0 aliphatic carbocycles. The van der Waals surface area contributed by atoms with Crippen LogP contribution in [-0.2, 0) is 11.3 Å². The number of carbonyl (C=O) groups is 1. The second-order valence-corrected chi connectivity index (χ2v) is 7.49. The Morgan fingerprint density at radius 1 is 1.15 bits per heavy atom. The zero-order valence-electron chi connectivity index (χ0n) is 16.8. The van der Waals surface area contributed by atoms with Crippen LogP contribution in [0.3, 0.4) is 0 Å². The van der Waals surface area contributed by atoms with E-state index < -0.39 is 5.60 Å². The van der Waals surface area contributed by atoms with Gasteiger partial charge in [0.05, 0.1) is 13.7 Å². The first-order valence-electron chi connectivity index (χ1n) is 8.85. The Balaban J connectivity index is 0.00000364. The second-order valence-electron chi connectivity index (χ2n) is 7.49. The highest BCUT2D eigenvalue weighted by molar-refractivity contribution is 14.0. The molecule has 0 saturated carbocycles. The van der Waals surface area contributed by atoms with Crippen LogP contribution in [0.4, 0.5) is 4.79 Å². The van der Waals surface area contributed by atoms with Crippen LogP contribution in [0, 0.1) is 6.92 Å². The molecule has 2 N–H and O–H groups in total. The summed E-state index contributed by atoms with van der Waals surface area (Å²) in [5.41, 5.74) is 7.83. The highest BCUT2D eigenvalue weighted by Crippen LogP contribution is 2.17. The van der Waals surface area contributed by atoms with Crippen molar-refractivity contribution < 1.29 is 14.3 Å². The molecule has 1 heterocycles. The lowest BCUT2D eigenvalue weighted by Gasteiger charge is -2.36. The van der Waals surface area contributed by atoms with Gasteiger partial charge in [0.2, 0.25) is 0 Å². The van der Waals surface area contributed by atoms with Crippen LogP contribution in [0.15, 0.2) is 23.2 Å². The highest BCUT2D eigenvalue weighted by atomic mass is 127. The standard InChI is InChI=1S/C19H30N4O3.HI/c1-14-10-15(12-16(11-14)25-5)13-21-17(20)22-6-8-23(9-7-22)18(24)26-19(2,3)4;/h10-12H,6-9,13H2,1-5H3,(H2,20,21);1H. The zero-order valence-corrected chi connectivity index (χ0v) is 19.1. The van der Waals surface area contributed by atoms with Crippen LogP contribution in [0.5, 0.6) is 5.75 Å². The highest BCUT2D eigenvalue weighted by Gasteiger charge is 2.26. The number of piperazine rings is 1. The van der Waals surface area contributed by atoms with E-state index in [-0.39, 0.29) is 30.1 Å². The van der Waals surface area contributed by atoms with E-state index in [2.05, 4.69) is 11.1 Å². The molecule has 0 aromatic heterocycles. The lowest BCUT2D eigenvalue weighted by atomic mass is 10.1. The van der Waals surface area contributed by atoms with Gasteiger partial charge < -0.3 is 25.0 Å². The van der Waals surface area contributed by atoms with Gasteiger partial charge in [-0.2, -0.15) is 0 Å². The lowest BCUT2D eigenvalue weighted by molar-refractivity contribution is 0.0186. The number of nitrogens with two attached hydrogens (primary N) is 1. The van der Waals surface area contributed by atoms with E-state index in [9.17, 15) is 4.79 Å². The number of ether oxygens (including phenoxy) is 2. The van der Waals surface area contributed by atoms with Crippen LogP contribution in [-0.4, -0.2) is 60.7 Å². The van der Waals surface area contributed by atoms with Gasteiger partial charge >= 0.3 is 6.09 Å². The number of halogens is 1. The average molecular weight is 490 g/mol. The SMILES string of the molecule is COc1cc(C)cc(CN=C(N)N2CCN(C(=O)OC(C)(C)C)CC2)c1.I. The van der Waals surface area contributed by atoms with Gasteiger partial charge in [0.25, 0.3) is 0 Å². The molecule has 1 aromatic rings. The zero-order chi connectivity index (χ0) is 19.3. The summed E-state index contributed by atoms with van der Waals surface area (Å²) in [4.78, 5) is 20.3. The van der Waals surface area contributed by atoms with Crippen LogP contribution in [0.2, 0.25) is 0 Å². The minimum absolute atomic E-state index is 0. The first kappa shape index (κ1) is 23.3. The minimum Gasteiger partial charge on any atom is -0.497 e. The van der Waals surface area contributed by atoms with Crippen molar-refractivity contribution in [2.75, 3.05) is 33.3 Å². The van der Waals surface area contributed by atoms with E-state index in [1.54, 1.807) is 12.0 Å². The molecule has 0 atom stereocenters. The largest absolute Gasteiger partial charge is 0.497 e. The summed E-state index contributed by atoms with van der Waals surface area (Å²) in [6, 6.07) is 6.01. The van der Waals surface area contributed by atoms with Crippen molar-refractivity contribution in [2.45, 2.75) is 39.8 Å². The summed E-state index contributed by atoms with van der Waals surface area (Å²) in [5.74, 6) is 1.31. The predicted octanol–water partition coefficient (Wildman–Crippen LogP) is 2.99. The third-order valence-electron chi connectivity index (χ3n) is 4.03. The fraction of sp³-hybridized carbons (Fsp3) is 0.579. The molecule has 0 unspecified atom stereocenters. The van der Waals surface area contributed by atoms with Gasteiger partial charge in [0.15, 0.2) is 5.96 Å². The monoisotopic (exact) mass is 490 g/mol. The summed E-state index contributed by atoms with van der Waals surface area (Å²) < 4.78 is 10.7. The third-order valence-corrected chi connectivity index (χ3v) is 4.03. The first-order chi connectivity index (χ1) is 12.2. The Bertz CT molecular complexity index is 665. The van der Waals surface area contributed by atoms with E-state index in [0.29, 0.717) is 38.7 Å². The molecule has 1 aliphatic rings. The maximum Gasteiger partial charge on any atom is 0.410 e. The smallest absolute Gasteiger partial charge is 0.410 e. The molecule has 1 saturated heterocycles. The molecule has 2 rings (SSSR count). The van der Waals surface area contributed by atoms with Gasteiger partial charge in [-0.05, 0) is 51.0 Å². The molecule has 0 spiro atoms. The van der Waals surface area contributed by atoms with Crippen molar-refractivity contribution in [3.8, 4) is 5.75 Å². The number of aryl methyl sites for hydroxylation is 1. The van der Waals surface area contributed by atoms with E-state index in [1.165, 1.54) is 0 Å². The van der Waals surface area contributed by atoms with Crippen LogP contribution >= 0.6 is 24.0 Å². The summed E-state index contributed by atoms with van der Waals surface area (Å²) in [5, 5.41) is 0. The summed E-state index contributed by atoms with van der Waals surface area (Å²) in [7, 11) is 1.65. The van der Waals surface area contributed by atoms with Crippen LogP contribution in [0.25, 0.3) is 0 Å². The lowest BCUT2D eigenvalue weighted by Crippen LogP contribution is -2.53. The van der Waals surface area contributed by atoms with Crippen molar-refractivity contribution in [2.24, 2.45) is 10.7 Å². The number of aliphatic imine (C=N–C) groups is 1. The number of hydrogen-bond acceptors (Lipinski definition) is 4. The maximum atomic E-state index is 12.1. The molecule has 1 amide bonds. The Hall–Kier alpha value is -1.71. The topological polar surface area (TPSA) is 80.4 Å². The molecular formula is C19H31IN4O3. The molecule has 0 bridgehead atoms. The quantitative estimate of drug-likeness (QED) is 0.401. The van der Waals surface area contributed by atoms with E-state index in [4.69, 9.17) is 15.2 Å². The number of carbonyl (C=O) groups excluding carboxylic acids is 1. The Labute approximate surface area is 178 Å². The van der Waals surface area contributed by atoms with Gasteiger partial charge in [-0.1, -0.05) is 6.07 Å². The van der Waals surface area contributed by atoms with Crippen molar-refractivity contribution in [1.82, 2.24) is 9.80 Å². The molecule has 1 aliphatic heterocycles. The Kier molecular flexibility index (Phi) is 8.64. The molecular weight excluding hydrogens is 459 g/mol. The number of hydrogen-bond donors (Lipinski definition) is 1. The first-order valence-corrected chi connectivity index (χ1v) is 8.85. The molecule has 1 aromatic carbocycles. The second kappa shape index (κ2) is 10.0. The maximum absolute atomic E-state index is 12.1. The molecule has 152 valence electrons. The molecule has 0 radical (unpaired) electrons. The number of nitrogens with zero attached hydrogens (tertiary/aromatic N) is 3. The summed E-state index contributed by atoms with van der Waals surface area (Å²) in [6.07, 6.45) is -0.278. The number of benzene rings is 1. The molecule has 27 heavy (non-hydrogen) atoms. The molecule has 1 fully saturated rings. The van der Waals surface area contributed by atoms with Gasteiger partial charge in [-0.3, -0.25) is 0 Å². The summed E-state index contributed by atoms with van der Waals surface area (Å²) >= 11 is 0. The van der Waals surface area contributed by atoms with Gasteiger partial charge in [0.1, 0.15) is 11.4 Å². The molecule has 8 heteroatoms. The third kappa shape index (κ3) is 7.43. The number of guanidine groups is 1. The Morgan fingerprint density at radius 2 is 1.74 bits per heavy atom. The molecule has 7 nitrogen and oxygen atoms in total. The average Bonchev–Trinajstić information content (AvgIpc) is 2.57. The van der Waals surface area contributed by atoms with Crippen molar-refractivity contribution in [3.05, 3.63) is 29.3 Å². The van der Waals surface area contributed by atoms with Crippen molar-refractivity contribution in [1.29, 1.82) is 0 Å². The van der Waals surface area contributed by atoms with E-state index in [1.807, 2.05) is 44.7 Å². The van der Waals surface area contributed by atoms with Gasteiger partial charge in [-0.15, -0.1) is 24.0 Å². The van der Waals surface area contributed by atoms with E-state index in [0.717, 1.165) is 16.9 Å². The minimum atomic E-state index is -0.483. The van der Waals surface area contributed by atoms with E-state index >= 15 is 0 Å². The Morgan fingerprint density at radius 3 is 2.30 bits per heavy atom. The van der Waals surface area contributed by atoms with Gasteiger partial charge in [-0.25, -0.2) is 9.79 Å². The van der Waals surface area contributed by atoms with Crippen LogP contribution < -0.4 is 10.5 Å². The van der Waals surface area contributed by atoms with Gasteiger partial charge in [0, 0.05) is 26.2 Å². The normalized spacial score (nSPS) is 15.2. The number of methoxy groups -OCH3 is 1.